The topological polar surface area (TPSA) is 99.3 Å². The number of hydrogen-bond donors (Lipinski definition) is 4. The Morgan fingerprint density at radius 2 is 1.30 bits per heavy atom. The molecule has 33 heavy (non-hydrogen) atoms. The summed E-state index contributed by atoms with van der Waals surface area (Å²) in [6.07, 6.45) is 0. The molecule has 3 rings (SSSR count). The summed E-state index contributed by atoms with van der Waals surface area (Å²) >= 11 is 0. The molecule has 7 heteroatoms. The molecule has 0 heterocycles. The van der Waals surface area contributed by atoms with Gasteiger partial charge in [0.1, 0.15) is 0 Å². The summed E-state index contributed by atoms with van der Waals surface area (Å²) in [5.74, 6) is -0.605. The third-order valence-corrected chi connectivity index (χ3v) is 4.53. The van der Waals surface area contributed by atoms with Crippen LogP contribution in [-0.4, -0.2) is 29.8 Å². The first kappa shape index (κ1) is 23.5. The molecule has 3 amide bonds. The highest BCUT2D eigenvalue weighted by Gasteiger charge is 2.15. The minimum atomic E-state index is -0.322. The first-order chi connectivity index (χ1) is 15.7. The molecule has 4 N–H and O–H groups in total. The van der Waals surface area contributed by atoms with Gasteiger partial charge < -0.3 is 21.3 Å². The zero-order valence-electron chi connectivity index (χ0n) is 18.9. The fraction of sp³-hybridized carbons (Fsp3) is 0.192. The lowest BCUT2D eigenvalue weighted by Crippen LogP contribution is -2.40. The molecule has 0 bridgehead atoms. The molecular weight excluding hydrogens is 416 g/mol. The maximum Gasteiger partial charge on any atom is 0.255 e. The fourth-order valence-corrected chi connectivity index (χ4v) is 3.00. The van der Waals surface area contributed by atoms with E-state index in [1.165, 1.54) is 0 Å². The van der Waals surface area contributed by atoms with E-state index < -0.39 is 0 Å². The third-order valence-electron chi connectivity index (χ3n) is 4.53. The molecule has 0 saturated carbocycles. The van der Waals surface area contributed by atoms with Crippen LogP contribution in [0.3, 0.4) is 0 Å². The van der Waals surface area contributed by atoms with E-state index in [-0.39, 0.29) is 29.8 Å². The lowest BCUT2D eigenvalue weighted by Gasteiger charge is -2.20. The van der Waals surface area contributed by atoms with Gasteiger partial charge in [0.25, 0.3) is 11.8 Å². The van der Waals surface area contributed by atoms with Crippen molar-refractivity contribution in [3.63, 3.8) is 0 Å². The average Bonchev–Trinajstić information content (AvgIpc) is 2.78. The first-order valence-electron chi connectivity index (χ1n) is 10.6. The van der Waals surface area contributed by atoms with Crippen LogP contribution in [0, 0.1) is 0 Å². The quantitative estimate of drug-likeness (QED) is 0.431. The van der Waals surface area contributed by atoms with Crippen molar-refractivity contribution in [2.24, 2.45) is 0 Å². The molecule has 0 radical (unpaired) electrons. The van der Waals surface area contributed by atoms with Crippen molar-refractivity contribution in [3.05, 3.63) is 90.0 Å². The van der Waals surface area contributed by atoms with Gasteiger partial charge in [-0.15, -0.1) is 0 Å². The summed E-state index contributed by atoms with van der Waals surface area (Å²) in [7, 11) is 0. The van der Waals surface area contributed by atoms with Crippen molar-refractivity contribution in [2.45, 2.75) is 26.3 Å². The summed E-state index contributed by atoms with van der Waals surface area (Å²) in [6.45, 7) is 5.79. The number of carbonyl (C=O) groups is 3. The highest BCUT2D eigenvalue weighted by atomic mass is 16.2. The molecule has 170 valence electrons. The number of anilines is 3. The molecule has 0 aliphatic rings. The van der Waals surface area contributed by atoms with E-state index >= 15 is 0 Å². The molecule has 3 aromatic carbocycles. The third kappa shape index (κ3) is 7.50. The minimum Gasteiger partial charge on any atom is -0.376 e. The SMILES string of the molecule is CC(C)(C)NC(=O)c1ccc(NC(=O)CNc2cccc(NC(=O)c3ccccc3)c2)cc1. The van der Waals surface area contributed by atoms with E-state index in [9.17, 15) is 14.4 Å². The van der Waals surface area contributed by atoms with Crippen LogP contribution in [0.1, 0.15) is 41.5 Å². The highest BCUT2D eigenvalue weighted by Crippen LogP contribution is 2.16. The summed E-state index contributed by atoms with van der Waals surface area (Å²) < 4.78 is 0. The van der Waals surface area contributed by atoms with E-state index in [2.05, 4.69) is 21.3 Å². The van der Waals surface area contributed by atoms with E-state index in [0.29, 0.717) is 28.2 Å². The monoisotopic (exact) mass is 444 g/mol. The highest BCUT2D eigenvalue weighted by molar-refractivity contribution is 6.04. The van der Waals surface area contributed by atoms with Crippen LogP contribution in [0.2, 0.25) is 0 Å². The predicted molar refractivity (Wildman–Crippen MR) is 132 cm³/mol. The first-order valence-corrected chi connectivity index (χ1v) is 10.6. The second-order valence-electron chi connectivity index (χ2n) is 8.58. The van der Waals surface area contributed by atoms with Crippen LogP contribution in [0.4, 0.5) is 17.1 Å². The lowest BCUT2D eigenvalue weighted by atomic mass is 10.1. The Morgan fingerprint density at radius 3 is 1.97 bits per heavy atom. The number of hydrogen-bond acceptors (Lipinski definition) is 4. The normalized spacial score (nSPS) is 10.8. The smallest absolute Gasteiger partial charge is 0.255 e. The molecule has 7 nitrogen and oxygen atoms in total. The zero-order chi connectivity index (χ0) is 23.8. The summed E-state index contributed by atoms with van der Waals surface area (Å²) in [5, 5.41) is 11.6. The number of amides is 3. The Labute approximate surface area is 193 Å². The molecule has 0 saturated heterocycles. The van der Waals surface area contributed by atoms with Gasteiger partial charge in [-0.3, -0.25) is 14.4 Å². The zero-order valence-corrected chi connectivity index (χ0v) is 18.9. The van der Waals surface area contributed by atoms with Crippen molar-refractivity contribution in [1.82, 2.24) is 5.32 Å². The maximum absolute atomic E-state index is 12.3. The van der Waals surface area contributed by atoms with Crippen molar-refractivity contribution in [1.29, 1.82) is 0 Å². The van der Waals surface area contributed by atoms with E-state index in [0.717, 1.165) is 0 Å². The van der Waals surface area contributed by atoms with Crippen LogP contribution >= 0.6 is 0 Å². The predicted octanol–water partition coefficient (Wildman–Crippen LogP) is 4.52. The molecule has 0 atom stereocenters. The van der Waals surface area contributed by atoms with Gasteiger partial charge in [-0.2, -0.15) is 0 Å². The molecular formula is C26H28N4O3. The molecule has 0 aromatic heterocycles. The Bertz CT molecular complexity index is 1120. The summed E-state index contributed by atoms with van der Waals surface area (Å²) in [5.41, 5.74) is 2.69. The van der Waals surface area contributed by atoms with Gasteiger partial charge in [0.15, 0.2) is 0 Å². The standard InChI is InChI=1S/C26H28N4O3/c1-26(2,3)30-25(33)19-12-14-20(15-13-19)28-23(31)17-27-21-10-7-11-22(16-21)29-24(32)18-8-5-4-6-9-18/h4-16,27H,17H2,1-3H3,(H,28,31)(H,29,32)(H,30,33). The molecule has 3 aromatic rings. The second kappa shape index (κ2) is 10.5. The Kier molecular flexibility index (Phi) is 7.46. The van der Waals surface area contributed by atoms with Crippen molar-refractivity contribution in [3.8, 4) is 0 Å². The van der Waals surface area contributed by atoms with Crippen LogP contribution in [0.25, 0.3) is 0 Å². The van der Waals surface area contributed by atoms with Gasteiger partial charge in [0.2, 0.25) is 5.91 Å². The number of carbonyl (C=O) groups excluding carboxylic acids is 3. The van der Waals surface area contributed by atoms with Gasteiger partial charge in [0, 0.05) is 33.7 Å². The van der Waals surface area contributed by atoms with Crippen LogP contribution in [-0.2, 0) is 4.79 Å². The largest absolute Gasteiger partial charge is 0.376 e. The van der Waals surface area contributed by atoms with Crippen LogP contribution in [0.15, 0.2) is 78.9 Å². The minimum absolute atomic E-state index is 0.0440. The summed E-state index contributed by atoms with van der Waals surface area (Å²) in [4.78, 5) is 36.8. The molecule has 0 aliphatic heterocycles. The van der Waals surface area contributed by atoms with Crippen molar-refractivity contribution < 1.29 is 14.4 Å². The molecule has 0 aliphatic carbocycles. The Morgan fingerprint density at radius 1 is 0.667 bits per heavy atom. The van der Waals surface area contributed by atoms with Crippen LogP contribution in [0.5, 0.6) is 0 Å². The van der Waals surface area contributed by atoms with E-state index in [1.807, 2.05) is 32.9 Å². The molecule has 0 spiro atoms. The molecule has 0 fully saturated rings. The lowest BCUT2D eigenvalue weighted by molar-refractivity contribution is -0.114. The van der Waals surface area contributed by atoms with Crippen molar-refractivity contribution >= 4 is 34.8 Å². The van der Waals surface area contributed by atoms with Crippen LogP contribution < -0.4 is 21.3 Å². The Hall–Kier alpha value is -4.13. The van der Waals surface area contributed by atoms with Gasteiger partial charge in [-0.25, -0.2) is 0 Å². The van der Waals surface area contributed by atoms with Gasteiger partial charge in [-0.05, 0) is 75.4 Å². The van der Waals surface area contributed by atoms with E-state index in [4.69, 9.17) is 0 Å². The number of nitrogens with one attached hydrogen (secondary N) is 4. The summed E-state index contributed by atoms with van der Waals surface area (Å²) in [6, 6.07) is 22.8. The van der Waals surface area contributed by atoms with E-state index in [1.54, 1.807) is 66.7 Å². The fourth-order valence-electron chi connectivity index (χ4n) is 3.00. The van der Waals surface area contributed by atoms with Gasteiger partial charge >= 0.3 is 0 Å². The average molecular weight is 445 g/mol. The molecule has 0 unspecified atom stereocenters. The maximum atomic E-state index is 12.3. The van der Waals surface area contributed by atoms with Gasteiger partial charge in [-0.1, -0.05) is 24.3 Å². The van der Waals surface area contributed by atoms with Crippen molar-refractivity contribution in [2.75, 3.05) is 22.5 Å². The Balaban J connectivity index is 1.51. The number of rotatable bonds is 7. The van der Waals surface area contributed by atoms with Gasteiger partial charge in [0.05, 0.1) is 6.54 Å². The second-order valence-corrected chi connectivity index (χ2v) is 8.58. The number of benzene rings is 3.